The number of rotatable bonds is 0. The van der Waals surface area contributed by atoms with Crippen LogP contribution in [0.3, 0.4) is 0 Å². The third-order valence-electron chi connectivity index (χ3n) is 1.38. The molecule has 1 aromatic rings. The zero-order chi connectivity index (χ0) is 10.9. The number of hydrogen-bond donors (Lipinski definition) is 0. The molecular formula is C7HBrClF3N2. The Morgan fingerprint density at radius 3 is 2.43 bits per heavy atom. The lowest BCUT2D eigenvalue weighted by Crippen LogP contribution is -2.10. The van der Waals surface area contributed by atoms with Crippen LogP contribution in [0.25, 0.3) is 0 Å². The van der Waals surface area contributed by atoms with Gasteiger partial charge in [0.25, 0.3) is 0 Å². The van der Waals surface area contributed by atoms with Crippen molar-refractivity contribution in [2.75, 3.05) is 0 Å². The average Bonchev–Trinajstić information content (AvgIpc) is 2.06. The standard InChI is InChI=1S/C7HBrClF3N2/c8-4-2-14-6(9)3(1-13)5(4)7(10,11)12/h2H. The summed E-state index contributed by atoms with van der Waals surface area (Å²) in [5.74, 6) is 0. The lowest BCUT2D eigenvalue weighted by molar-refractivity contribution is -0.138. The number of alkyl halides is 3. The molecule has 0 fully saturated rings. The van der Waals surface area contributed by atoms with E-state index in [2.05, 4.69) is 20.9 Å². The van der Waals surface area contributed by atoms with Gasteiger partial charge in [-0.3, -0.25) is 0 Å². The van der Waals surface area contributed by atoms with Gasteiger partial charge in [-0.1, -0.05) is 11.6 Å². The van der Waals surface area contributed by atoms with E-state index in [0.29, 0.717) is 0 Å². The second-order valence-electron chi connectivity index (χ2n) is 2.26. The molecule has 0 bridgehead atoms. The topological polar surface area (TPSA) is 36.7 Å². The SMILES string of the molecule is N#Cc1c(Cl)ncc(Br)c1C(F)(F)F. The number of hydrogen-bond acceptors (Lipinski definition) is 2. The highest BCUT2D eigenvalue weighted by Crippen LogP contribution is 2.38. The molecule has 0 amide bonds. The molecule has 0 unspecified atom stereocenters. The quantitative estimate of drug-likeness (QED) is 0.685. The van der Waals surface area contributed by atoms with Gasteiger partial charge in [0.15, 0.2) is 0 Å². The molecule has 0 saturated carbocycles. The predicted octanol–water partition coefficient (Wildman–Crippen LogP) is 3.39. The molecule has 14 heavy (non-hydrogen) atoms. The maximum atomic E-state index is 12.4. The Hall–Kier alpha value is -0.800. The lowest BCUT2D eigenvalue weighted by Gasteiger charge is -2.10. The van der Waals surface area contributed by atoms with Gasteiger partial charge in [-0.15, -0.1) is 0 Å². The molecule has 0 aromatic carbocycles. The Kier molecular flexibility index (Phi) is 3.02. The number of pyridine rings is 1. The van der Waals surface area contributed by atoms with Crippen LogP contribution in [0.1, 0.15) is 11.1 Å². The molecule has 2 nitrogen and oxygen atoms in total. The monoisotopic (exact) mass is 284 g/mol. The molecule has 0 spiro atoms. The van der Waals surface area contributed by atoms with Gasteiger partial charge in [0.2, 0.25) is 0 Å². The molecule has 1 aromatic heterocycles. The molecule has 7 heteroatoms. The van der Waals surface area contributed by atoms with Crippen LogP contribution in [0.15, 0.2) is 10.7 Å². The van der Waals surface area contributed by atoms with Gasteiger partial charge in [0.05, 0.1) is 5.56 Å². The molecule has 1 heterocycles. The highest BCUT2D eigenvalue weighted by atomic mass is 79.9. The maximum Gasteiger partial charge on any atom is 0.418 e. The average molecular weight is 285 g/mol. The second-order valence-corrected chi connectivity index (χ2v) is 3.47. The fourth-order valence-corrected chi connectivity index (χ4v) is 1.56. The summed E-state index contributed by atoms with van der Waals surface area (Å²) in [6.07, 6.45) is -3.72. The van der Waals surface area contributed by atoms with Crippen LogP contribution in [0.5, 0.6) is 0 Å². The Labute approximate surface area is 90.4 Å². The van der Waals surface area contributed by atoms with E-state index in [1.165, 1.54) is 6.07 Å². The second kappa shape index (κ2) is 3.75. The van der Waals surface area contributed by atoms with Crippen molar-refractivity contribution >= 4 is 27.5 Å². The zero-order valence-electron chi connectivity index (χ0n) is 6.36. The normalized spacial score (nSPS) is 11.1. The van der Waals surface area contributed by atoms with Crippen molar-refractivity contribution in [1.29, 1.82) is 5.26 Å². The summed E-state index contributed by atoms with van der Waals surface area (Å²) in [6, 6.07) is 1.37. The van der Waals surface area contributed by atoms with Crippen LogP contribution in [-0.4, -0.2) is 4.98 Å². The van der Waals surface area contributed by atoms with Crippen LogP contribution in [0, 0.1) is 11.3 Å². The first kappa shape index (κ1) is 11.3. The Morgan fingerprint density at radius 2 is 2.07 bits per heavy atom. The minimum atomic E-state index is -4.63. The van der Waals surface area contributed by atoms with Gasteiger partial charge < -0.3 is 0 Å². The summed E-state index contributed by atoms with van der Waals surface area (Å²) in [6.45, 7) is 0. The number of halogens is 5. The summed E-state index contributed by atoms with van der Waals surface area (Å²) < 4.78 is 36.9. The summed E-state index contributed by atoms with van der Waals surface area (Å²) >= 11 is 8.02. The van der Waals surface area contributed by atoms with Crippen molar-refractivity contribution in [1.82, 2.24) is 4.98 Å². The summed E-state index contributed by atoms with van der Waals surface area (Å²) in [7, 11) is 0. The summed E-state index contributed by atoms with van der Waals surface area (Å²) in [5, 5.41) is 8.04. The third-order valence-corrected chi connectivity index (χ3v) is 2.27. The number of aromatic nitrogens is 1. The van der Waals surface area contributed by atoms with Crippen molar-refractivity contribution < 1.29 is 13.2 Å². The minimum absolute atomic E-state index is 0.300. The molecule has 0 aliphatic rings. The first-order valence-electron chi connectivity index (χ1n) is 3.19. The molecule has 0 atom stereocenters. The van der Waals surface area contributed by atoms with Crippen LogP contribution in [0.2, 0.25) is 5.15 Å². The van der Waals surface area contributed by atoms with Gasteiger partial charge in [0, 0.05) is 10.7 Å². The van der Waals surface area contributed by atoms with E-state index < -0.39 is 22.5 Å². The molecule has 1 rings (SSSR count). The van der Waals surface area contributed by atoms with Crippen LogP contribution in [-0.2, 0) is 6.18 Å². The maximum absolute atomic E-state index is 12.4. The highest BCUT2D eigenvalue weighted by molar-refractivity contribution is 9.10. The van der Waals surface area contributed by atoms with Crippen molar-refractivity contribution in [3.05, 3.63) is 26.9 Å². The first-order valence-corrected chi connectivity index (χ1v) is 4.36. The Bertz CT molecular complexity index is 411. The van der Waals surface area contributed by atoms with Crippen molar-refractivity contribution in [3.63, 3.8) is 0 Å². The molecule has 74 valence electrons. The molecular weight excluding hydrogens is 284 g/mol. The summed E-state index contributed by atoms with van der Waals surface area (Å²) in [4.78, 5) is 3.42. The molecule has 0 saturated heterocycles. The molecule has 0 aliphatic carbocycles. The van der Waals surface area contributed by atoms with Crippen LogP contribution >= 0.6 is 27.5 Å². The van der Waals surface area contributed by atoms with Crippen LogP contribution in [0.4, 0.5) is 13.2 Å². The number of nitrogens with zero attached hydrogens (tertiary/aromatic N) is 2. The van der Waals surface area contributed by atoms with E-state index in [0.717, 1.165) is 6.20 Å². The summed E-state index contributed by atoms with van der Waals surface area (Å²) in [5.41, 5.74) is -1.77. The van der Waals surface area contributed by atoms with E-state index in [1.807, 2.05) is 0 Å². The van der Waals surface area contributed by atoms with E-state index in [9.17, 15) is 13.2 Å². The molecule has 0 radical (unpaired) electrons. The number of nitriles is 1. The Morgan fingerprint density at radius 1 is 1.50 bits per heavy atom. The van der Waals surface area contributed by atoms with Gasteiger partial charge in [-0.2, -0.15) is 18.4 Å². The largest absolute Gasteiger partial charge is 0.418 e. The third kappa shape index (κ3) is 1.99. The van der Waals surface area contributed by atoms with Crippen LogP contribution < -0.4 is 0 Å². The minimum Gasteiger partial charge on any atom is -0.242 e. The molecule has 0 aliphatic heterocycles. The van der Waals surface area contributed by atoms with Crippen molar-refractivity contribution in [2.24, 2.45) is 0 Å². The van der Waals surface area contributed by atoms with Gasteiger partial charge in [0.1, 0.15) is 16.8 Å². The van der Waals surface area contributed by atoms with E-state index in [1.54, 1.807) is 0 Å². The zero-order valence-corrected chi connectivity index (χ0v) is 8.70. The van der Waals surface area contributed by atoms with E-state index in [-0.39, 0.29) is 4.47 Å². The first-order chi connectivity index (χ1) is 6.38. The molecule has 0 N–H and O–H groups in total. The predicted molar refractivity (Wildman–Crippen MR) is 46.7 cm³/mol. The fraction of sp³-hybridized carbons (Fsp3) is 0.143. The fourth-order valence-electron chi connectivity index (χ4n) is 0.844. The lowest BCUT2D eigenvalue weighted by atomic mass is 10.1. The highest BCUT2D eigenvalue weighted by Gasteiger charge is 2.37. The van der Waals surface area contributed by atoms with Gasteiger partial charge >= 0.3 is 6.18 Å². The van der Waals surface area contributed by atoms with Crippen molar-refractivity contribution in [2.45, 2.75) is 6.18 Å². The van der Waals surface area contributed by atoms with Crippen molar-refractivity contribution in [3.8, 4) is 6.07 Å². The van der Waals surface area contributed by atoms with Gasteiger partial charge in [-0.25, -0.2) is 4.98 Å². The van der Waals surface area contributed by atoms with E-state index >= 15 is 0 Å². The Balaban J connectivity index is 3.56. The smallest absolute Gasteiger partial charge is 0.242 e. The van der Waals surface area contributed by atoms with E-state index in [4.69, 9.17) is 16.9 Å². The van der Waals surface area contributed by atoms with Gasteiger partial charge in [-0.05, 0) is 15.9 Å².